The molecular formula is C13H18N2O4. The Balaban J connectivity index is 2.07. The molecule has 2 rings (SSSR count). The number of phenols is 1. The van der Waals surface area contributed by atoms with E-state index in [9.17, 15) is 9.90 Å². The van der Waals surface area contributed by atoms with E-state index in [1.54, 1.807) is 13.2 Å². The molecule has 2 atom stereocenters. The summed E-state index contributed by atoms with van der Waals surface area (Å²) in [6.07, 6.45) is -0.0515. The number of amides is 1. The standard InChI is InChI=1S/C13H18N2O4/c1-18-8-3-4-9(11(16)5-8)13(17)15-10-6-14-7-12(10)19-2/h3-5,10,12,14,16H,6-7H2,1-2H3,(H,15,17)/t10?,12-/m0/s1. The summed E-state index contributed by atoms with van der Waals surface area (Å²) in [5, 5.41) is 15.8. The Morgan fingerprint density at radius 1 is 1.42 bits per heavy atom. The van der Waals surface area contributed by atoms with Crippen molar-refractivity contribution < 1.29 is 19.4 Å². The van der Waals surface area contributed by atoms with Crippen LogP contribution in [0.3, 0.4) is 0 Å². The number of hydrogen-bond donors (Lipinski definition) is 3. The fraction of sp³-hybridized carbons (Fsp3) is 0.462. The fourth-order valence-electron chi connectivity index (χ4n) is 2.12. The topological polar surface area (TPSA) is 79.8 Å². The second-order valence-electron chi connectivity index (χ2n) is 4.40. The van der Waals surface area contributed by atoms with Crippen LogP contribution in [0, 0.1) is 0 Å². The van der Waals surface area contributed by atoms with Gasteiger partial charge >= 0.3 is 0 Å². The predicted octanol–water partition coefficient (Wildman–Crippen LogP) is 0.117. The molecule has 0 aromatic heterocycles. The summed E-state index contributed by atoms with van der Waals surface area (Å²) in [7, 11) is 3.11. The van der Waals surface area contributed by atoms with Gasteiger partial charge in [-0.2, -0.15) is 0 Å². The Morgan fingerprint density at radius 2 is 2.21 bits per heavy atom. The van der Waals surface area contributed by atoms with E-state index in [1.165, 1.54) is 19.2 Å². The number of carbonyl (C=O) groups excluding carboxylic acids is 1. The molecule has 0 radical (unpaired) electrons. The number of phenolic OH excluding ortho intramolecular Hbond substituents is 1. The molecule has 1 heterocycles. The number of aromatic hydroxyl groups is 1. The summed E-state index contributed by atoms with van der Waals surface area (Å²) in [6, 6.07) is 4.48. The van der Waals surface area contributed by atoms with E-state index in [-0.39, 0.29) is 29.4 Å². The molecule has 19 heavy (non-hydrogen) atoms. The summed E-state index contributed by atoms with van der Waals surface area (Å²) >= 11 is 0. The number of ether oxygens (including phenoxy) is 2. The first kappa shape index (κ1) is 13.6. The maximum absolute atomic E-state index is 12.1. The van der Waals surface area contributed by atoms with Crippen molar-refractivity contribution in [1.82, 2.24) is 10.6 Å². The monoisotopic (exact) mass is 266 g/mol. The van der Waals surface area contributed by atoms with Crippen molar-refractivity contribution in [3.63, 3.8) is 0 Å². The molecule has 1 amide bonds. The lowest BCUT2D eigenvalue weighted by Gasteiger charge is -2.18. The maximum Gasteiger partial charge on any atom is 0.255 e. The molecule has 1 aliphatic heterocycles. The summed E-state index contributed by atoms with van der Waals surface area (Å²) in [4.78, 5) is 12.1. The van der Waals surface area contributed by atoms with Crippen molar-refractivity contribution in [3.05, 3.63) is 23.8 Å². The van der Waals surface area contributed by atoms with E-state index >= 15 is 0 Å². The first-order chi connectivity index (χ1) is 9.15. The molecule has 1 aliphatic rings. The lowest BCUT2D eigenvalue weighted by molar-refractivity contribution is 0.0778. The quantitative estimate of drug-likeness (QED) is 0.721. The Hall–Kier alpha value is -1.79. The van der Waals surface area contributed by atoms with Crippen LogP contribution in [0.2, 0.25) is 0 Å². The number of benzene rings is 1. The van der Waals surface area contributed by atoms with Crippen molar-refractivity contribution in [3.8, 4) is 11.5 Å². The third-order valence-electron chi connectivity index (χ3n) is 3.23. The third kappa shape index (κ3) is 2.97. The van der Waals surface area contributed by atoms with Crippen molar-refractivity contribution >= 4 is 5.91 Å². The normalized spacial score (nSPS) is 22.2. The number of nitrogens with one attached hydrogen (secondary N) is 2. The van der Waals surface area contributed by atoms with Gasteiger partial charge in [0.25, 0.3) is 5.91 Å². The number of carbonyl (C=O) groups is 1. The Labute approximate surface area is 111 Å². The van der Waals surface area contributed by atoms with Gasteiger partial charge in [0.15, 0.2) is 0 Å². The van der Waals surface area contributed by atoms with Gasteiger partial charge in [-0.25, -0.2) is 0 Å². The predicted molar refractivity (Wildman–Crippen MR) is 69.6 cm³/mol. The summed E-state index contributed by atoms with van der Waals surface area (Å²) in [6.45, 7) is 1.36. The van der Waals surface area contributed by atoms with Crippen molar-refractivity contribution in [1.29, 1.82) is 0 Å². The molecule has 0 aliphatic carbocycles. The number of hydrogen-bond acceptors (Lipinski definition) is 5. The van der Waals surface area contributed by atoms with Crippen LogP contribution in [-0.4, -0.2) is 50.5 Å². The summed E-state index contributed by atoms with van der Waals surface area (Å²) in [5.41, 5.74) is 0.225. The summed E-state index contributed by atoms with van der Waals surface area (Å²) < 4.78 is 10.2. The molecule has 0 saturated carbocycles. The third-order valence-corrected chi connectivity index (χ3v) is 3.23. The first-order valence-electron chi connectivity index (χ1n) is 6.07. The van der Waals surface area contributed by atoms with Crippen LogP contribution in [0.25, 0.3) is 0 Å². The minimum atomic E-state index is -0.323. The molecule has 1 fully saturated rings. The number of rotatable bonds is 4. The van der Waals surface area contributed by atoms with Crippen LogP contribution >= 0.6 is 0 Å². The van der Waals surface area contributed by atoms with E-state index in [0.717, 1.165) is 0 Å². The van der Waals surface area contributed by atoms with Gasteiger partial charge in [-0.3, -0.25) is 4.79 Å². The van der Waals surface area contributed by atoms with Gasteiger partial charge in [0.1, 0.15) is 11.5 Å². The zero-order chi connectivity index (χ0) is 13.8. The summed E-state index contributed by atoms with van der Waals surface area (Å²) in [5.74, 6) is 0.0824. The molecule has 0 bridgehead atoms. The smallest absolute Gasteiger partial charge is 0.255 e. The highest BCUT2D eigenvalue weighted by atomic mass is 16.5. The van der Waals surface area contributed by atoms with E-state index in [1.807, 2.05) is 0 Å². The van der Waals surface area contributed by atoms with Gasteiger partial charge < -0.3 is 25.2 Å². The van der Waals surface area contributed by atoms with Gasteiger partial charge in [0.05, 0.1) is 24.8 Å². The van der Waals surface area contributed by atoms with E-state index < -0.39 is 0 Å². The molecule has 104 valence electrons. The van der Waals surface area contributed by atoms with Crippen molar-refractivity contribution in [2.75, 3.05) is 27.3 Å². The van der Waals surface area contributed by atoms with E-state index in [0.29, 0.717) is 18.8 Å². The van der Waals surface area contributed by atoms with Crippen LogP contribution in [0.1, 0.15) is 10.4 Å². The first-order valence-corrected chi connectivity index (χ1v) is 6.07. The van der Waals surface area contributed by atoms with Gasteiger partial charge in [-0.1, -0.05) is 0 Å². The van der Waals surface area contributed by atoms with Gasteiger partial charge in [0.2, 0.25) is 0 Å². The SMILES string of the molecule is COc1ccc(C(=O)NC2CNC[C@@H]2OC)c(O)c1. The lowest BCUT2D eigenvalue weighted by atomic mass is 10.1. The minimum Gasteiger partial charge on any atom is -0.507 e. The maximum atomic E-state index is 12.1. The Bertz CT molecular complexity index is 464. The average molecular weight is 266 g/mol. The molecule has 0 spiro atoms. The molecule has 6 heteroatoms. The molecule has 1 saturated heterocycles. The lowest BCUT2D eigenvalue weighted by Crippen LogP contribution is -2.43. The molecule has 6 nitrogen and oxygen atoms in total. The highest BCUT2D eigenvalue weighted by Crippen LogP contribution is 2.23. The molecular weight excluding hydrogens is 248 g/mol. The second kappa shape index (κ2) is 5.90. The van der Waals surface area contributed by atoms with Crippen LogP contribution in [0.15, 0.2) is 18.2 Å². The zero-order valence-corrected chi connectivity index (χ0v) is 11.0. The van der Waals surface area contributed by atoms with Crippen LogP contribution in [-0.2, 0) is 4.74 Å². The van der Waals surface area contributed by atoms with Crippen molar-refractivity contribution in [2.24, 2.45) is 0 Å². The molecule has 1 unspecified atom stereocenters. The molecule has 1 aromatic carbocycles. The average Bonchev–Trinajstić information content (AvgIpc) is 2.85. The van der Waals surface area contributed by atoms with Crippen LogP contribution in [0.5, 0.6) is 11.5 Å². The van der Waals surface area contributed by atoms with E-state index in [4.69, 9.17) is 9.47 Å². The largest absolute Gasteiger partial charge is 0.507 e. The zero-order valence-electron chi connectivity index (χ0n) is 11.0. The Morgan fingerprint density at radius 3 is 2.84 bits per heavy atom. The van der Waals surface area contributed by atoms with Gasteiger partial charge in [-0.15, -0.1) is 0 Å². The number of methoxy groups -OCH3 is 2. The van der Waals surface area contributed by atoms with Crippen molar-refractivity contribution in [2.45, 2.75) is 12.1 Å². The van der Waals surface area contributed by atoms with Crippen LogP contribution in [0.4, 0.5) is 0 Å². The highest BCUT2D eigenvalue weighted by molar-refractivity contribution is 5.97. The Kier molecular flexibility index (Phi) is 4.24. The second-order valence-corrected chi connectivity index (χ2v) is 4.40. The molecule has 3 N–H and O–H groups in total. The van der Waals surface area contributed by atoms with Gasteiger partial charge in [0, 0.05) is 26.3 Å². The van der Waals surface area contributed by atoms with Gasteiger partial charge in [-0.05, 0) is 12.1 Å². The highest BCUT2D eigenvalue weighted by Gasteiger charge is 2.29. The molecule has 1 aromatic rings. The van der Waals surface area contributed by atoms with E-state index in [2.05, 4.69) is 10.6 Å². The van der Waals surface area contributed by atoms with Crippen LogP contribution < -0.4 is 15.4 Å². The minimum absolute atomic E-state index is 0.0515. The fourth-order valence-corrected chi connectivity index (χ4v) is 2.12.